The summed E-state index contributed by atoms with van der Waals surface area (Å²) in [7, 11) is 0. The lowest BCUT2D eigenvalue weighted by Gasteiger charge is -2.46. The molecule has 17 heavy (non-hydrogen) atoms. The lowest BCUT2D eigenvalue weighted by atomic mass is 9.67. The summed E-state index contributed by atoms with van der Waals surface area (Å²) in [6.45, 7) is 8.57. The van der Waals surface area contributed by atoms with E-state index in [4.69, 9.17) is 4.74 Å². The third-order valence-electron chi connectivity index (χ3n) is 5.32. The Balaban J connectivity index is 2.11. The molecule has 5 atom stereocenters. The van der Waals surface area contributed by atoms with Crippen molar-refractivity contribution in [1.29, 1.82) is 0 Å². The maximum Gasteiger partial charge on any atom is 0.144 e. The largest absolute Gasteiger partial charge is 0.362 e. The third-order valence-corrected chi connectivity index (χ3v) is 5.32. The topological polar surface area (TPSA) is 26.3 Å². The Morgan fingerprint density at radius 3 is 2.71 bits per heavy atom. The Kier molecular flexibility index (Phi) is 2.32. The van der Waals surface area contributed by atoms with Gasteiger partial charge in [0.15, 0.2) is 0 Å². The molecule has 2 aliphatic heterocycles. The Bertz CT molecular complexity index is 409. The van der Waals surface area contributed by atoms with Crippen molar-refractivity contribution in [2.45, 2.75) is 58.7 Å². The number of ketones is 1. The summed E-state index contributed by atoms with van der Waals surface area (Å²) < 4.78 is 6.37. The molecule has 2 nitrogen and oxygen atoms in total. The van der Waals surface area contributed by atoms with Gasteiger partial charge in [0.2, 0.25) is 0 Å². The van der Waals surface area contributed by atoms with Crippen molar-refractivity contribution in [3.63, 3.8) is 0 Å². The van der Waals surface area contributed by atoms with Crippen LogP contribution in [0.15, 0.2) is 11.1 Å². The smallest absolute Gasteiger partial charge is 0.144 e. The third kappa shape index (κ3) is 1.28. The molecule has 1 spiro atoms. The fourth-order valence-corrected chi connectivity index (χ4v) is 4.27. The van der Waals surface area contributed by atoms with E-state index in [1.165, 1.54) is 17.6 Å². The average Bonchev–Trinajstić information content (AvgIpc) is 2.57. The molecule has 1 aliphatic carbocycles. The van der Waals surface area contributed by atoms with Crippen LogP contribution < -0.4 is 0 Å². The second-order valence-corrected chi connectivity index (χ2v) is 6.35. The summed E-state index contributed by atoms with van der Waals surface area (Å²) in [5, 5.41) is 0. The summed E-state index contributed by atoms with van der Waals surface area (Å²) in [5.74, 6) is 1.17. The van der Waals surface area contributed by atoms with E-state index in [2.05, 4.69) is 20.8 Å². The second-order valence-electron chi connectivity index (χ2n) is 6.35. The Morgan fingerprint density at radius 2 is 2.00 bits per heavy atom. The summed E-state index contributed by atoms with van der Waals surface area (Å²) in [6.07, 6.45) is 3.49. The molecule has 0 radical (unpaired) electrons. The quantitative estimate of drug-likeness (QED) is 0.602. The van der Waals surface area contributed by atoms with Crippen molar-refractivity contribution < 1.29 is 9.53 Å². The molecule has 1 saturated carbocycles. The van der Waals surface area contributed by atoms with Crippen LogP contribution in [0.3, 0.4) is 0 Å². The lowest BCUT2D eigenvalue weighted by molar-refractivity contribution is -0.166. The van der Waals surface area contributed by atoms with Gasteiger partial charge < -0.3 is 4.74 Å². The van der Waals surface area contributed by atoms with E-state index < -0.39 is 0 Å². The van der Waals surface area contributed by atoms with Crippen molar-refractivity contribution in [2.24, 2.45) is 17.8 Å². The molecule has 0 amide bonds. The SMILES string of the molecule is CC1=C2CCC(C)C[C@@]23O[C@H]1[C@H](C)C(=O)[C@H]3C. The molecule has 3 aliphatic rings. The van der Waals surface area contributed by atoms with Crippen molar-refractivity contribution in [1.82, 2.24) is 0 Å². The second kappa shape index (κ2) is 3.44. The van der Waals surface area contributed by atoms with Crippen LogP contribution in [0, 0.1) is 17.8 Å². The van der Waals surface area contributed by atoms with Gasteiger partial charge in [-0.1, -0.05) is 20.8 Å². The molecule has 2 heteroatoms. The number of fused-ring (bicyclic) bond motifs is 1. The van der Waals surface area contributed by atoms with Crippen molar-refractivity contribution >= 4 is 5.78 Å². The Hall–Kier alpha value is -0.630. The fourth-order valence-electron chi connectivity index (χ4n) is 4.27. The summed E-state index contributed by atoms with van der Waals surface area (Å²) in [5.41, 5.74) is 2.60. The Morgan fingerprint density at radius 1 is 1.29 bits per heavy atom. The normalized spacial score (nSPS) is 49.5. The van der Waals surface area contributed by atoms with Crippen LogP contribution in [0.5, 0.6) is 0 Å². The van der Waals surface area contributed by atoms with E-state index in [0.29, 0.717) is 11.7 Å². The highest BCUT2D eigenvalue weighted by molar-refractivity contribution is 5.87. The number of Topliss-reactive ketones (excluding diaryl/α,β-unsaturated/α-hetero) is 1. The zero-order valence-electron chi connectivity index (χ0n) is 11.2. The molecule has 0 N–H and O–H groups in total. The van der Waals surface area contributed by atoms with Gasteiger partial charge in [0.25, 0.3) is 0 Å². The highest BCUT2D eigenvalue weighted by atomic mass is 16.5. The van der Waals surface area contributed by atoms with Gasteiger partial charge in [0, 0.05) is 11.8 Å². The maximum atomic E-state index is 12.4. The predicted octanol–water partition coefficient (Wildman–Crippen LogP) is 3.12. The molecule has 94 valence electrons. The maximum absolute atomic E-state index is 12.4. The zero-order chi connectivity index (χ0) is 12.4. The van der Waals surface area contributed by atoms with Crippen molar-refractivity contribution in [2.75, 3.05) is 0 Å². The van der Waals surface area contributed by atoms with Crippen LogP contribution in [-0.4, -0.2) is 17.5 Å². The number of ether oxygens (including phenoxy) is 1. The zero-order valence-corrected chi connectivity index (χ0v) is 11.2. The average molecular weight is 234 g/mol. The van der Waals surface area contributed by atoms with Gasteiger partial charge in [-0.3, -0.25) is 4.79 Å². The van der Waals surface area contributed by atoms with Crippen LogP contribution in [0.4, 0.5) is 0 Å². The molecule has 1 saturated heterocycles. The molecule has 0 aromatic rings. The van der Waals surface area contributed by atoms with Gasteiger partial charge in [-0.2, -0.15) is 0 Å². The molecule has 1 unspecified atom stereocenters. The number of rotatable bonds is 0. The van der Waals surface area contributed by atoms with Crippen LogP contribution >= 0.6 is 0 Å². The summed E-state index contributed by atoms with van der Waals surface area (Å²) in [6, 6.07) is 0. The van der Waals surface area contributed by atoms with E-state index in [9.17, 15) is 4.79 Å². The van der Waals surface area contributed by atoms with E-state index in [1.54, 1.807) is 0 Å². The van der Waals surface area contributed by atoms with Gasteiger partial charge in [-0.05, 0) is 43.3 Å². The molecule has 3 rings (SSSR count). The summed E-state index contributed by atoms with van der Waals surface area (Å²) >= 11 is 0. The number of hydrogen-bond donors (Lipinski definition) is 0. The standard InChI is InChI=1S/C15H22O2/c1-8-5-6-12-9(2)14-10(3)13(16)11(4)15(12,7-8)17-14/h8,10-11,14H,5-7H2,1-4H3/t8?,10-,11-,14-,15+/m1/s1. The van der Waals surface area contributed by atoms with E-state index >= 15 is 0 Å². The minimum Gasteiger partial charge on any atom is -0.362 e. The van der Waals surface area contributed by atoms with Crippen LogP contribution in [0.2, 0.25) is 0 Å². The molecular formula is C15H22O2. The van der Waals surface area contributed by atoms with Crippen molar-refractivity contribution in [3.8, 4) is 0 Å². The van der Waals surface area contributed by atoms with Gasteiger partial charge in [-0.15, -0.1) is 0 Å². The number of carbonyl (C=O) groups excluding carboxylic acids is 1. The van der Waals surface area contributed by atoms with Crippen LogP contribution in [-0.2, 0) is 9.53 Å². The first kappa shape index (κ1) is 11.5. The molecule has 0 aromatic carbocycles. The fraction of sp³-hybridized carbons (Fsp3) is 0.800. The van der Waals surface area contributed by atoms with Crippen LogP contribution in [0.1, 0.15) is 47.0 Å². The molecule has 2 heterocycles. The van der Waals surface area contributed by atoms with Gasteiger partial charge in [0.1, 0.15) is 5.78 Å². The first-order chi connectivity index (χ1) is 7.97. The summed E-state index contributed by atoms with van der Waals surface area (Å²) in [4.78, 5) is 12.4. The molecular weight excluding hydrogens is 212 g/mol. The highest BCUT2D eigenvalue weighted by Gasteiger charge is 2.59. The highest BCUT2D eigenvalue weighted by Crippen LogP contribution is 2.55. The predicted molar refractivity (Wildman–Crippen MR) is 66.7 cm³/mol. The van der Waals surface area contributed by atoms with E-state index in [-0.39, 0.29) is 23.5 Å². The van der Waals surface area contributed by atoms with Gasteiger partial charge >= 0.3 is 0 Å². The Labute approximate surface area is 103 Å². The first-order valence-corrected chi connectivity index (χ1v) is 6.89. The molecule has 2 fully saturated rings. The van der Waals surface area contributed by atoms with E-state index in [1.807, 2.05) is 6.92 Å². The monoisotopic (exact) mass is 234 g/mol. The minimum atomic E-state index is -0.226. The molecule has 2 bridgehead atoms. The van der Waals surface area contributed by atoms with Crippen LogP contribution in [0.25, 0.3) is 0 Å². The van der Waals surface area contributed by atoms with Gasteiger partial charge in [-0.25, -0.2) is 0 Å². The number of carbonyl (C=O) groups is 1. The van der Waals surface area contributed by atoms with E-state index in [0.717, 1.165) is 12.8 Å². The first-order valence-electron chi connectivity index (χ1n) is 6.89. The van der Waals surface area contributed by atoms with Crippen molar-refractivity contribution in [3.05, 3.63) is 11.1 Å². The van der Waals surface area contributed by atoms with Gasteiger partial charge in [0.05, 0.1) is 11.7 Å². The number of hydrogen-bond acceptors (Lipinski definition) is 2. The minimum absolute atomic E-state index is 0.0453. The molecule has 0 aromatic heterocycles. The lowest BCUT2D eigenvalue weighted by Crippen LogP contribution is -2.53.